The maximum atomic E-state index is 10.0. The van der Waals surface area contributed by atoms with Crippen molar-refractivity contribution in [1.82, 2.24) is 9.55 Å². The monoisotopic (exact) mass is 307 g/mol. The van der Waals surface area contributed by atoms with Gasteiger partial charge in [-0.25, -0.2) is 4.98 Å². The second-order valence-electron chi connectivity index (χ2n) is 5.42. The van der Waals surface area contributed by atoms with Crippen molar-refractivity contribution in [2.75, 3.05) is 18.6 Å². The van der Waals surface area contributed by atoms with Crippen LogP contribution < -0.4 is 9.64 Å². The fourth-order valence-electron chi connectivity index (χ4n) is 3.15. The highest BCUT2D eigenvalue weighted by Gasteiger charge is 2.32. The molecular formula is C18H17N3O2. The van der Waals surface area contributed by atoms with Gasteiger partial charge in [0.25, 0.3) is 0 Å². The number of hydrogen-bond donors (Lipinski definition) is 1. The van der Waals surface area contributed by atoms with E-state index in [-0.39, 0.29) is 12.6 Å². The molecule has 0 spiro atoms. The molecule has 0 amide bonds. The van der Waals surface area contributed by atoms with Crippen LogP contribution in [0.5, 0.6) is 5.75 Å². The van der Waals surface area contributed by atoms with Gasteiger partial charge in [0.2, 0.25) is 0 Å². The van der Waals surface area contributed by atoms with Crippen molar-refractivity contribution in [2.24, 2.45) is 0 Å². The van der Waals surface area contributed by atoms with Gasteiger partial charge in [-0.3, -0.25) is 0 Å². The topological polar surface area (TPSA) is 50.5 Å². The zero-order valence-electron chi connectivity index (χ0n) is 12.8. The predicted octanol–water partition coefficient (Wildman–Crippen LogP) is 3.07. The highest BCUT2D eigenvalue weighted by Crippen LogP contribution is 2.42. The molecule has 0 bridgehead atoms. The minimum atomic E-state index is -0.180. The summed E-state index contributed by atoms with van der Waals surface area (Å²) in [6.45, 7) is 0.00601. The van der Waals surface area contributed by atoms with Crippen LogP contribution in [0.3, 0.4) is 0 Å². The second kappa shape index (κ2) is 5.44. The van der Waals surface area contributed by atoms with Crippen LogP contribution in [0.4, 0.5) is 11.5 Å². The predicted molar refractivity (Wildman–Crippen MR) is 88.5 cm³/mol. The highest BCUT2D eigenvalue weighted by molar-refractivity contribution is 5.72. The van der Waals surface area contributed by atoms with Crippen molar-refractivity contribution >= 4 is 11.5 Å². The van der Waals surface area contributed by atoms with Gasteiger partial charge in [-0.1, -0.05) is 0 Å². The Morgan fingerprint density at radius 2 is 1.96 bits per heavy atom. The first kappa shape index (κ1) is 13.8. The van der Waals surface area contributed by atoms with Crippen LogP contribution in [0.1, 0.15) is 11.7 Å². The average molecular weight is 307 g/mol. The molecule has 1 N–H and O–H groups in total. The summed E-state index contributed by atoms with van der Waals surface area (Å²) in [5, 5.41) is 10.0. The van der Waals surface area contributed by atoms with Crippen LogP contribution >= 0.6 is 0 Å². The Bertz CT molecular complexity index is 826. The number of aliphatic hydroxyl groups is 1. The van der Waals surface area contributed by atoms with E-state index in [1.807, 2.05) is 54.7 Å². The first-order valence-electron chi connectivity index (χ1n) is 7.50. The molecule has 23 heavy (non-hydrogen) atoms. The molecule has 5 heteroatoms. The lowest BCUT2D eigenvalue weighted by atomic mass is 10.1. The fraction of sp³-hybridized carbons (Fsp3) is 0.167. The molecule has 1 aromatic carbocycles. The van der Waals surface area contributed by atoms with Gasteiger partial charge in [-0.05, 0) is 48.5 Å². The van der Waals surface area contributed by atoms with Gasteiger partial charge in [0.1, 0.15) is 5.75 Å². The highest BCUT2D eigenvalue weighted by atomic mass is 16.5. The quantitative estimate of drug-likeness (QED) is 0.808. The standard InChI is InChI=1S/C18H17N3O2/c1-23-14-8-6-13(7-9-14)21-17(12-22)15-5-3-11-20(15)16-4-2-10-19-18(16)21/h2-11,17,22H,12H2,1H3. The SMILES string of the molecule is COc1ccc(N2c3ncccc3-n3cccc3C2CO)cc1. The number of rotatable bonds is 3. The lowest BCUT2D eigenvalue weighted by molar-refractivity contribution is 0.261. The van der Waals surface area contributed by atoms with Crippen molar-refractivity contribution in [3.05, 3.63) is 66.6 Å². The molecule has 1 aliphatic heterocycles. The van der Waals surface area contributed by atoms with Gasteiger partial charge < -0.3 is 19.3 Å². The number of nitrogens with zero attached hydrogens (tertiary/aromatic N) is 3. The van der Waals surface area contributed by atoms with Gasteiger partial charge in [-0.15, -0.1) is 0 Å². The third kappa shape index (κ3) is 2.09. The van der Waals surface area contributed by atoms with Crippen LogP contribution in [0.15, 0.2) is 60.9 Å². The van der Waals surface area contributed by atoms with Gasteiger partial charge in [0, 0.05) is 23.8 Å². The van der Waals surface area contributed by atoms with Crippen molar-refractivity contribution < 1.29 is 9.84 Å². The number of hydrogen-bond acceptors (Lipinski definition) is 4. The van der Waals surface area contributed by atoms with Crippen LogP contribution in [0, 0.1) is 0 Å². The Labute approximate surface area is 134 Å². The number of fused-ring (bicyclic) bond motifs is 3. The van der Waals surface area contributed by atoms with Crippen molar-refractivity contribution in [1.29, 1.82) is 0 Å². The molecule has 3 aromatic rings. The Hall–Kier alpha value is -2.79. The van der Waals surface area contributed by atoms with E-state index in [4.69, 9.17) is 4.74 Å². The van der Waals surface area contributed by atoms with E-state index in [1.54, 1.807) is 13.3 Å². The first-order chi connectivity index (χ1) is 11.3. The molecule has 0 radical (unpaired) electrons. The number of aliphatic hydroxyl groups excluding tert-OH is 1. The Morgan fingerprint density at radius 1 is 1.13 bits per heavy atom. The van der Waals surface area contributed by atoms with Crippen LogP contribution in [0.25, 0.3) is 5.69 Å². The summed E-state index contributed by atoms with van der Waals surface area (Å²) < 4.78 is 7.32. The molecule has 0 saturated carbocycles. The fourth-order valence-corrected chi connectivity index (χ4v) is 3.15. The van der Waals surface area contributed by atoms with Gasteiger partial charge in [0.05, 0.1) is 25.4 Å². The third-order valence-electron chi connectivity index (χ3n) is 4.21. The van der Waals surface area contributed by atoms with E-state index in [0.29, 0.717) is 0 Å². The molecule has 3 heterocycles. The van der Waals surface area contributed by atoms with E-state index < -0.39 is 0 Å². The summed E-state index contributed by atoms with van der Waals surface area (Å²) in [6.07, 6.45) is 3.78. The largest absolute Gasteiger partial charge is 0.497 e. The van der Waals surface area contributed by atoms with Crippen molar-refractivity contribution in [3.8, 4) is 11.4 Å². The smallest absolute Gasteiger partial charge is 0.158 e. The number of pyridine rings is 1. The van der Waals surface area contributed by atoms with E-state index in [1.165, 1.54) is 0 Å². The van der Waals surface area contributed by atoms with Gasteiger partial charge >= 0.3 is 0 Å². The molecule has 0 aliphatic carbocycles. The Morgan fingerprint density at radius 3 is 2.70 bits per heavy atom. The number of benzene rings is 1. The van der Waals surface area contributed by atoms with E-state index in [9.17, 15) is 5.11 Å². The summed E-state index contributed by atoms with van der Waals surface area (Å²) in [5.74, 6) is 1.64. The third-order valence-corrected chi connectivity index (χ3v) is 4.21. The van der Waals surface area contributed by atoms with Crippen LogP contribution in [-0.4, -0.2) is 28.4 Å². The summed E-state index contributed by atoms with van der Waals surface area (Å²) in [7, 11) is 1.65. The summed E-state index contributed by atoms with van der Waals surface area (Å²) in [6, 6.07) is 15.6. The molecule has 1 atom stereocenters. The van der Waals surface area contributed by atoms with E-state index in [2.05, 4.69) is 14.5 Å². The molecule has 1 unspecified atom stereocenters. The Kier molecular flexibility index (Phi) is 3.28. The lowest BCUT2D eigenvalue weighted by Gasteiger charge is -2.37. The second-order valence-corrected chi connectivity index (χ2v) is 5.42. The van der Waals surface area contributed by atoms with Crippen molar-refractivity contribution in [2.45, 2.75) is 6.04 Å². The lowest BCUT2D eigenvalue weighted by Crippen LogP contribution is -2.33. The zero-order chi connectivity index (χ0) is 15.8. The molecular weight excluding hydrogens is 290 g/mol. The maximum Gasteiger partial charge on any atom is 0.158 e. The number of methoxy groups -OCH3 is 1. The average Bonchev–Trinajstić information content (AvgIpc) is 3.10. The summed E-state index contributed by atoms with van der Waals surface area (Å²) in [5.41, 5.74) is 3.02. The number of aromatic nitrogens is 2. The molecule has 116 valence electrons. The first-order valence-corrected chi connectivity index (χ1v) is 7.50. The molecule has 2 aromatic heterocycles. The summed E-state index contributed by atoms with van der Waals surface area (Å²) in [4.78, 5) is 6.63. The molecule has 5 nitrogen and oxygen atoms in total. The Balaban J connectivity index is 1.90. The molecule has 1 aliphatic rings. The van der Waals surface area contributed by atoms with Gasteiger partial charge in [-0.2, -0.15) is 0 Å². The zero-order valence-corrected chi connectivity index (χ0v) is 12.8. The van der Waals surface area contributed by atoms with Crippen LogP contribution in [-0.2, 0) is 0 Å². The minimum absolute atomic E-state index is 0.00601. The molecule has 0 saturated heterocycles. The molecule has 0 fully saturated rings. The van der Waals surface area contributed by atoms with E-state index in [0.717, 1.165) is 28.6 Å². The van der Waals surface area contributed by atoms with E-state index >= 15 is 0 Å². The number of anilines is 2. The van der Waals surface area contributed by atoms with Gasteiger partial charge in [0.15, 0.2) is 5.82 Å². The number of ether oxygens (including phenoxy) is 1. The maximum absolute atomic E-state index is 10.0. The summed E-state index contributed by atoms with van der Waals surface area (Å²) >= 11 is 0. The normalized spacial score (nSPS) is 15.9. The van der Waals surface area contributed by atoms with Crippen LogP contribution in [0.2, 0.25) is 0 Å². The molecule has 4 rings (SSSR count). The minimum Gasteiger partial charge on any atom is -0.497 e. The van der Waals surface area contributed by atoms with Crippen molar-refractivity contribution in [3.63, 3.8) is 0 Å².